The number of ether oxygens (including phenoxy) is 1. The van der Waals surface area contributed by atoms with Crippen molar-refractivity contribution in [2.24, 2.45) is 0 Å². The van der Waals surface area contributed by atoms with Crippen molar-refractivity contribution in [1.29, 1.82) is 0 Å². The molecule has 2 atom stereocenters. The highest BCUT2D eigenvalue weighted by atomic mass is 35.5. The first-order valence-electron chi connectivity index (χ1n) is 9.50. The molecule has 2 aromatic carbocycles. The van der Waals surface area contributed by atoms with Gasteiger partial charge >= 0.3 is 0 Å². The second kappa shape index (κ2) is 6.67. The molecule has 1 N–H and O–H groups in total. The fourth-order valence-corrected chi connectivity index (χ4v) is 4.34. The SMILES string of the molecule is Clc1cccc(C2Oc3ccccc3C3=C2C(c2cccnc2)n2nnnc2N3)c1. The van der Waals surface area contributed by atoms with E-state index in [9.17, 15) is 0 Å². The molecule has 0 radical (unpaired) electrons. The predicted octanol–water partition coefficient (Wildman–Crippen LogP) is 4.28. The van der Waals surface area contributed by atoms with Gasteiger partial charge in [-0.2, -0.15) is 4.68 Å². The van der Waals surface area contributed by atoms with Gasteiger partial charge in [-0.3, -0.25) is 4.98 Å². The lowest BCUT2D eigenvalue weighted by Gasteiger charge is -2.38. The number of tetrazole rings is 1. The van der Waals surface area contributed by atoms with Crippen LogP contribution in [0.3, 0.4) is 0 Å². The minimum atomic E-state index is -0.372. The average molecular weight is 415 g/mol. The fourth-order valence-electron chi connectivity index (χ4n) is 4.14. The summed E-state index contributed by atoms with van der Waals surface area (Å²) in [5, 5.41) is 16.4. The van der Waals surface area contributed by atoms with Gasteiger partial charge in [-0.25, -0.2) is 0 Å². The molecule has 4 aromatic rings. The van der Waals surface area contributed by atoms with E-state index in [1.54, 1.807) is 10.9 Å². The Morgan fingerprint density at radius 3 is 2.77 bits per heavy atom. The molecule has 0 fully saturated rings. The molecule has 2 aliphatic heterocycles. The first kappa shape index (κ1) is 17.2. The highest BCUT2D eigenvalue weighted by Gasteiger charge is 2.41. The van der Waals surface area contributed by atoms with E-state index in [1.165, 1.54) is 0 Å². The summed E-state index contributed by atoms with van der Waals surface area (Å²) in [6, 6.07) is 19.3. The molecule has 2 aliphatic rings. The van der Waals surface area contributed by atoms with Gasteiger partial charge in [0.05, 0.1) is 5.70 Å². The molecule has 146 valence electrons. The van der Waals surface area contributed by atoms with Crippen LogP contribution in [-0.2, 0) is 0 Å². The minimum Gasteiger partial charge on any atom is -0.480 e. The Morgan fingerprint density at radius 2 is 1.90 bits per heavy atom. The Bertz CT molecular complexity index is 1290. The van der Waals surface area contributed by atoms with E-state index in [0.29, 0.717) is 11.0 Å². The zero-order valence-electron chi connectivity index (χ0n) is 15.6. The second-order valence-corrected chi connectivity index (χ2v) is 7.58. The Balaban J connectivity index is 1.64. The molecule has 4 heterocycles. The average Bonchev–Trinajstić information content (AvgIpc) is 3.26. The van der Waals surface area contributed by atoms with Crippen LogP contribution in [0.4, 0.5) is 5.95 Å². The molecular formula is C22H15ClN6O. The number of anilines is 1. The number of nitrogens with zero attached hydrogens (tertiary/aromatic N) is 5. The smallest absolute Gasteiger partial charge is 0.248 e. The van der Waals surface area contributed by atoms with Crippen LogP contribution in [0.15, 0.2) is 78.6 Å². The molecule has 8 heteroatoms. The molecule has 0 saturated carbocycles. The summed E-state index contributed by atoms with van der Waals surface area (Å²) >= 11 is 6.32. The van der Waals surface area contributed by atoms with E-state index in [1.807, 2.05) is 66.9 Å². The normalized spacial score (nSPS) is 19.2. The maximum atomic E-state index is 6.53. The van der Waals surface area contributed by atoms with E-state index >= 15 is 0 Å². The molecule has 0 spiro atoms. The van der Waals surface area contributed by atoms with Gasteiger partial charge in [0.25, 0.3) is 0 Å². The molecule has 2 aromatic heterocycles. The minimum absolute atomic E-state index is 0.280. The van der Waals surface area contributed by atoms with Crippen molar-refractivity contribution in [2.45, 2.75) is 12.1 Å². The number of halogens is 1. The molecular weight excluding hydrogens is 400 g/mol. The number of fused-ring (bicyclic) bond motifs is 3. The number of para-hydroxylation sites is 1. The Kier molecular flexibility index (Phi) is 3.82. The third-order valence-electron chi connectivity index (χ3n) is 5.39. The first-order valence-corrected chi connectivity index (χ1v) is 9.88. The molecule has 7 nitrogen and oxygen atoms in total. The largest absolute Gasteiger partial charge is 0.480 e. The van der Waals surface area contributed by atoms with Gasteiger partial charge in [0.2, 0.25) is 5.95 Å². The van der Waals surface area contributed by atoms with E-state index < -0.39 is 0 Å². The van der Waals surface area contributed by atoms with Crippen molar-refractivity contribution < 1.29 is 4.74 Å². The van der Waals surface area contributed by atoms with Crippen molar-refractivity contribution in [1.82, 2.24) is 25.2 Å². The molecule has 30 heavy (non-hydrogen) atoms. The van der Waals surface area contributed by atoms with Crippen LogP contribution in [0.2, 0.25) is 5.02 Å². The number of pyridine rings is 1. The van der Waals surface area contributed by atoms with Gasteiger partial charge in [-0.15, -0.1) is 0 Å². The van der Waals surface area contributed by atoms with Crippen LogP contribution in [0.1, 0.15) is 28.8 Å². The van der Waals surface area contributed by atoms with Gasteiger partial charge < -0.3 is 10.1 Å². The number of aromatic nitrogens is 5. The van der Waals surface area contributed by atoms with E-state index in [-0.39, 0.29) is 12.1 Å². The molecule has 0 saturated heterocycles. The lowest BCUT2D eigenvalue weighted by atomic mass is 9.85. The summed E-state index contributed by atoms with van der Waals surface area (Å²) in [5.74, 6) is 1.36. The van der Waals surface area contributed by atoms with Crippen molar-refractivity contribution in [3.63, 3.8) is 0 Å². The van der Waals surface area contributed by atoms with Crippen molar-refractivity contribution >= 4 is 23.2 Å². The summed E-state index contributed by atoms with van der Waals surface area (Å²) in [6.07, 6.45) is 3.21. The number of hydrogen-bond donors (Lipinski definition) is 1. The summed E-state index contributed by atoms with van der Waals surface area (Å²) in [5.41, 5.74) is 4.84. The lowest BCUT2D eigenvalue weighted by molar-refractivity contribution is 0.222. The highest BCUT2D eigenvalue weighted by molar-refractivity contribution is 6.30. The number of hydrogen-bond acceptors (Lipinski definition) is 6. The van der Waals surface area contributed by atoms with Gasteiger partial charge in [0.15, 0.2) is 0 Å². The van der Waals surface area contributed by atoms with Crippen LogP contribution in [0.5, 0.6) is 5.75 Å². The molecule has 0 amide bonds. The van der Waals surface area contributed by atoms with Crippen LogP contribution < -0.4 is 10.1 Å². The van der Waals surface area contributed by atoms with E-state index in [0.717, 1.165) is 33.7 Å². The zero-order chi connectivity index (χ0) is 20.1. The van der Waals surface area contributed by atoms with E-state index in [4.69, 9.17) is 16.3 Å². The Labute approximate surface area is 177 Å². The third-order valence-corrected chi connectivity index (χ3v) is 5.63. The van der Waals surface area contributed by atoms with Crippen molar-refractivity contribution in [2.75, 3.05) is 5.32 Å². The highest BCUT2D eigenvalue weighted by Crippen LogP contribution is 2.50. The molecule has 0 aliphatic carbocycles. The van der Waals surface area contributed by atoms with Gasteiger partial charge in [0.1, 0.15) is 17.9 Å². The Hall–Kier alpha value is -3.71. The van der Waals surface area contributed by atoms with Gasteiger partial charge in [-0.05, 0) is 51.9 Å². The predicted molar refractivity (Wildman–Crippen MR) is 112 cm³/mol. The van der Waals surface area contributed by atoms with E-state index in [2.05, 4.69) is 25.8 Å². The monoisotopic (exact) mass is 414 g/mol. The standard InChI is InChI=1S/C22H15ClN6O/c23-15-7-3-5-13(11-15)21-18-19(16-8-1-2-9-17(16)30-21)25-22-26-27-28-29(22)20(18)14-6-4-10-24-12-14/h1-12,20-21H,(H,25,26,28). The van der Waals surface area contributed by atoms with Crippen molar-refractivity contribution in [3.05, 3.63) is 100 Å². The Morgan fingerprint density at radius 1 is 1.00 bits per heavy atom. The summed E-state index contributed by atoms with van der Waals surface area (Å²) in [6.45, 7) is 0. The maximum absolute atomic E-state index is 6.53. The lowest BCUT2D eigenvalue weighted by Crippen LogP contribution is -2.32. The van der Waals surface area contributed by atoms with Crippen LogP contribution in [-0.4, -0.2) is 25.2 Å². The summed E-state index contributed by atoms with van der Waals surface area (Å²) in [7, 11) is 0. The molecule has 6 rings (SSSR count). The number of rotatable bonds is 2. The topological polar surface area (TPSA) is 77.8 Å². The summed E-state index contributed by atoms with van der Waals surface area (Å²) < 4.78 is 8.30. The number of benzene rings is 2. The summed E-state index contributed by atoms with van der Waals surface area (Å²) in [4.78, 5) is 4.32. The quantitative estimate of drug-likeness (QED) is 0.527. The first-order chi connectivity index (χ1) is 14.8. The number of nitrogens with one attached hydrogen (secondary N) is 1. The molecule has 0 bridgehead atoms. The van der Waals surface area contributed by atoms with Crippen LogP contribution in [0, 0.1) is 0 Å². The van der Waals surface area contributed by atoms with Gasteiger partial charge in [0, 0.05) is 28.6 Å². The van der Waals surface area contributed by atoms with Gasteiger partial charge in [-0.1, -0.05) is 47.0 Å². The van der Waals surface area contributed by atoms with Crippen LogP contribution >= 0.6 is 11.6 Å². The fraction of sp³-hybridized carbons (Fsp3) is 0.0909. The third kappa shape index (κ3) is 2.59. The van der Waals surface area contributed by atoms with Crippen LogP contribution in [0.25, 0.3) is 5.70 Å². The maximum Gasteiger partial charge on any atom is 0.248 e. The van der Waals surface area contributed by atoms with Crippen molar-refractivity contribution in [3.8, 4) is 5.75 Å². The zero-order valence-corrected chi connectivity index (χ0v) is 16.4. The second-order valence-electron chi connectivity index (χ2n) is 7.14. The molecule has 2 unspecified atom stereocenters.